The highest BCUT2D eigenvalue weighted by Crippen LogP contribution is 2.35. The number of fused-ring (bicyclic) bond motifs is 1. The number of aryl methyl sites for hydroxylation is 1. The summed E-state index contributed by atoms with van der Waals surface area (Å²) in [6.45, 7) is 10.3. The number of aliphatic hydroxyl groups excluding tert-OH is 1. The Morgan fingerprint density at radius 1 is 0.950 bits per heavy atom. The summed E-state index contributed by atoms with van der Waals surface area (Å²) in [5.41, 5.74) is 18.8. The molecule has 2 saturated heterocycles. The average Bonchev–Trinajstić information content (AvgIpc) is 4.23. The normalized spacial score (nSPS) is 18.3. The lowest BCUT2D eigenvalue weighted by molar-refractivity contribution is -0.144. The SMILES string of the molecule is Cc1ncsc1-c1ccc([C@H](C)NC(=O)[C@@H]2C[C@@H](O)CN2C(=O)[C@@H](NC(=O)CCCCCCCNC(=O)COc2cc(-c3cc(Cn4cnc5c(N)ncnc54)c(N4CCCC(N)(CC(F)F)C4)cn3)ccc2F)C(C)(C)C)cc1. The number of benzene rings is 2. The summed E-state index contributed by atoms with van der Waals surface area (Å²) in [4.78, 5) is 80.3. The first-order chi connectivity index (χ1) is 38.2. The van der Waals surface area contributed by atoms with Crippen LogP contribution < -0.4 is 37.1 Å². The molecule has 0 bridgehead atoms. The van der Waals surface area contributed by atoms with Crippen molar-refractivity contribution < 1.29 is 42.2 Å². The molecule has 0 radical (unpaired) electrons. The summed E-state index contributed by atoms with van der Waals surface area (Å²) in [5.74, 6) is -2.13. The number of pyridine rings is 1. The third-order valence-electron chi connectivity index (χ3n) is 14.8. The monoisotopic (exact) mass is 1120 g/mol. The van der Waals surface area contributed by atoms with Crippen LogP contribution in [0.1, 0.15) is 115 Å². The number of hydrogen-bond donors (Lipinski definition) is 6. The van der Waals surface area contributed by atoms with E-state index in [2.05, 4.69) is 35.9 Å². The molecule has 4 amide bonds. The quantitative estimate of drug-likeness (QED) is 0.0346. The van der Waals surface area contributed by atoms with E-state index < -0.39 is 66.2 Å². The molecule has 0 aliphatic carbocycles. The Balaban J connectivity index is 0.778. The average molecular weight is 1120 g/mol. The minimum Gasteiger partial charge on any atom is -0.481 e. The van der Waals surface area contributed by atoms with Gasteiger partial charge >= 0.3 is 0 Å². The number of thiazole rings is 1. The lowest BCUT2D eigenvalue weighted by Gasteiger charge is -2.42. The minimum atomic E-state index is -2.56. The van der Waals surface area contributed by atoms with Gasteiger partial charge in [-0.25, -0.2) is 33.1 Å². The lowest BCUT2D eigenvalue weighted by atomic mass is 9.85. The van der Waals surface area contributed by atoms with E-state index in [0.29, 0.717) is 66.9 Å². The van der Waals surface area contributed by atoms with Crippen molar-refractivity contribution in [3.05, 3.63) is 95.5 Å². The molecule has 6 aromatic rings. The van der Waals surface area contributed by atoms with Gasteiger partial charge in [0.05, 0.1) is 58.7 Å². The van der Waals surface area contributed by atoms with Gasteiger partial charge < -0.3 is 51.6 Å². The number of hydrogen-bond acceptors (Lipinski definition) is 15. The van der Waals surface area contributed by atoms with E-state index in [1.807, 2.05) is 69.9 Å². The Kier molecular flexibility index (Phi) is 19.1. The first-order valence-corrected chi connectivity index (χ1v) is 28.0. The highest BCUT2D eigenvalue weighted by molar-refractivity contribution is 7.13. The van der Waals surface area contributed by atoms with Crippen LogP contribution in [0.5, 0.6) is 5.75 Å². The van der Waals surface area contributed by atoms with Gasteiger partial charge in [-0.2, -0.15) is 0 Å². The van der Waals surface area contributed by atoms with E-state index in [1.54, 1.807) is 40.0 Å². The number of nitrogens with zero attached hydrogens (tertiary/aromatic N) is 8. The largest absolute Gasteiger partial charge is 0.481 e. The number of anilines is 2. The fourth-order valence-electron chi connectivity index (χ4n) is 10.5. The number of alkyl halides is 2. The Morgan fingerprint density at radius 2 is 1.70 bits per heavy atom. The number of unbranched alkanes of at least 4 members (excludes halogenated alkanes) is 4. The number of carbonyl (C=O) groups excluding carboxylic acids is 4. The maximum Gasteiger partial charge on any atom is 0.257 e. The van der Waals surface area contributed by atoms with Gasteiger partial charge in [-0.05, 0) is 85.9 Å². The molecular formula is C57H72F3N13O6S. The molecule has 4 aromatic heterocycles. The highest BCUT2D eigenvalue weighted by Gasteiger charge is 2.45. The van der Waals surface area contributed by atoms with Crippen molar-refractivity contribution in [2.24, 2.45) is 11.1 Å². The Hall–Kier alpha value is -7.24. The maximum atomic E-state index is 15.2. The van der Waals surface area contributed by atoms with Crippen LogP contribution in [-0.2, 0) is 25.7 Å². The van der Waals surface area contributed by atoms with E-state index in [1.165, 1.54) is 23.4 Å². The fourth-order valence-corrected chi connectivity index (χ4v) is 11.3. The molecule has 5 atom stereocenters. The van der Waals surface area contributed by atoms with Gasteiger partial charge in [0.15, 0.2) is 29.6 Å². The second kappa shape index (κ2) is 25.9. The molecule has 80 heavy (non-hydrogen) atoms. The van der Waals surface area contributed by atoms with Crippen LogP contribution in [0.2, 0.25) is 0 Å². The molecule has 2 fully saturated rings. The molecule has 2 aliphatic heterocycles. The zero-order chi connectivity index (χ0) is 57.3. The number of nitrogens with one attached hydrogen (secondary N) is 3. The van der Waals surface area contributed by atoms with E-state index in [9.17, 15) is 33.1 Å². The minimum absolute atomic E-state index is 0.0252. The number of nitrogen functional groups attached to an aromatic ring is 1. The molecular weight excluding hydrogens is 1050 g/mol. The molecule has 8 rings (SSSR count). The molecule has 0 spiro atoms. The van der Waals surface area contributed by atoms with E-state index in [4.69, 9.17) is 21.2 Å². The summed E-state index contributed by atoms with van der Waals surface area (Å²) < 4.78 is 49.8. The molecule has 428 valence electrons. The molecule has 23 heteroatoms. The number of aromatic nitrogens is 6. The molecule has 0 saturated carbocycles. The molecule has 2 aliphatic rings. The standard InChI is InChI=1S/C57H72F3N13O6S/c1-34(36-13-15-37(16-14-36)50-35(2)68-33-80-50)69-54(77)43-24-40(74)28-73(43)55(78)51(56(3,4)5)70-47(75)12-9-7-6-8-10-20-63-48(76)29-79-45-23-38(17-18-41(45)58)42-22-39(27-72-32-67-49-52(61)65-31-66-53(49)72)44(26-64-42)71-21-11-19-57(62,30-71)25-46(59)60/h13-18,22-23,26,31-34,40,43,46,51,74H,6-12,19-21,24-25,27-30,62H2,1-5H3,(H,63,76)(H,69,77)(H,70,75)(H2,61,65,66)/t34-,40+,43-,51+,57?/m0/s1. The van der Waals surface area contributed by atoms with E-state index in [-0.39, 0.29) is 61.9 Å². The van der Waals surface area contributed by atoms with Gasteiger partial charge in [-0.15, -0.1) is 11.3 Å². The second-order valence-corrected chi connectivity index (χ2v) is 23.0. The maximum absolute atomic E-state index is 15.2. The zero-order valence-corrected chi connectivity index (χ0v) is 46.7. The Morgan fingerprint density at radius 3 is 2.44 bits per heavy atom. The summed E-state index contributed by atoms with van der Waals surface area (Å²) in [6, 6.07) is 11.8. The number of ether oxygens (including phenoxy) is 1. The molecule has 8 N–H and O–H groups in total. The van der Waals surface area contributed by atoms with Gasteiger partial charge in [0, 0.05) is 56.5 Å². The van der Waals surface area contributed by atoms with Gasteiger partial charge in [-0.3, -0.25) is 24.2 Å². The number of nitrogens with two attached hydrogens (primary N) is 2. The third-order valence-corrected chi connectivity index (χ3v) is 15.8. The van der Waals surface area contributed by atoms with Crippen molar-refractivity contribution in [2.75, 3.05) is 43.4 Å². The van der Waals surface area contributed by atoms with Crippen molar-refractivity contribution in [3.8, 4) is 27.4 Å². The topological polar surface area (TPSA) is 262 Å². The van der Waals surface area contributed by atoms with Crippen LogP contribution in [0, 0.1) is 18.2 Å². The number of imidazole rings is 1. The fraction of sp³-hybridized carbons (Fsp3) is 0.491. The Labute approximate surface area is 467 Å². The summed E-state index contributed by atoms with van der Waals surface area (Å²) in [7, 11) is 0. The molecule has 2 aromatic carbocycles. The van der Waals surface area contributed by atoms with Crippen LogP contribution in [-0.4, -0.2) is 126 Å². The van der Waals surface area contributed by atoms with E-state index >= 15 is 4.39 Å². The van der Waals surface area contributed by atoms with Crippen LogP contribution in [0.25, 0.3) is 32.9 Å². The lowest BCUT2D eigenvalue weighted by Crippen LogP contribution is -2.57. The number of amides is 4. The van der Waals surface area contributed by atoms with Gasteiger partial charge in [-0.1, -0.05) is 64.3 Å². The predicted octanol–water partition coefficient (Wildman–Crippen LogP) is 7.25. The summed E-state index contributed by atoms with van der Waals surface area (Å²) >= 11 is 1.56. The van der Waals surface area contributed by atoms with Crippen molar-refractivity contribution in [1.29, 1.82) is 0 Å². The number of halogens is 3. The smallest absolute Gasteiger partial charge is 0.257 e. The number of aliphatic hydroxyl groups is 1. The first-order valence-electron chi connectivity index (χ1n) is 27.2. The van der Waals surface area contributed by atoms with Crippen molar-refractivity contribution in [1.82, 2.24) is 50.3 Å². The third kappa shape index (κ3) is 14.8. The van der Waals surface area contributed by atoms with Crippen molar-refractivity contribution in [3.63, 3.8) is 0 Å². The van der Waals surface area contributed by atoms with Crippen LogP contribution in [0.15, 0.2) is 72.9 Å². The number of β-amino-alcohol motifs (C(OH)–C–C–N with tert-alkyl or cyclic N) is 1. The highest BCUT2D eigenvalue weighted by atomic mass is 32.1. The number of rotatable bonds is 23. The number of carbonyl (C=O) groups is 4. The zero-order valence-electron chi connectivity index (χ0n) is 45.9. The van der Waals surface area contributed by atoms with Crippen LogP contribution in [0.4, 0.5) is 24.7 Å². The Bertz CT molecular complexity index is 3140. The first kappa shape index (κ1) is 58.9. The summed E-state index contributed by atoms with van der Waals surface area (Å²) in [5, 5.41) is 19.4. The predicted molar refractivity (Wildman–Crippen MR) is 300 cm³/mol. The van der Waals surface area contributed by atoms with Gasteiger partial charge in [0.2, 0.25) is 24.1 Å². The molecule has 1 unspecified atom stereocenters. The van der Waals surface area contributed by atoms with Gasteiger partial charge in [0.25, 0.3) is 5.91 Å². The van der Waals surface area contributed by atoms with Crippen LogP contribution >= 0.6 is 11.3 Å². The van der Waals surface area contributed by atoms with E-state index in [0.717, 1.165) is 46.5 Å². The van der Waals surface area contributed by atoms with Crippen molar-refractivity contribution in [2.45, 2.75) is 142 Å². The second-order valence-electron chi connectivity index (χ2n) is 22.2. The summed E-state index contributed by atoms with van der Waals surface area (Å²) in [6.07, 6.45) is 5.56. The number of likely N-dealkylation sites (tertiary alicyclic amines) is 1. The van der Waals surface area contributed by atoms with Crippen LogP contribution in [0.3, 0.4) is 0 Å². The molecule has 19 nitrogen and oxygen atoms in total. The number of piperidine rings is 1. The van der Waals surface area contributed by atoms with Crippen molar-refractivity contribution >= 4 is 57.6 Å². The van der Waals surface area contributed by atoms with Gasteiger partial charge in [0.1, 0.15) is 23.9 Å². The molecule has 6 heterocycles.